The maximum Gasteiger partial charge on any atom is 0.471 e. The van der Waals surface area contributed by atoms with Crippen LogP contribution in [0, 0.1) is 0 Å². The number of nitrogens with zero attached hydrogens (tertiary/aromatic N) is 1. The number of benzene rings is 1. The second-order valence-electron chi connectivity index (χ2n) is 4.79. The molecular formula is C14H16F3NO2. The van der Waals surface area contributed by atoms with Gasteiger partial charge >= 0.3 is 12.1 Å². The number of amides is 1. The molecule has 0 atom stereocenters. The van der Waals surface area contributed by atoms with Gasteiger partial charge < -0.3 is 9.64 Å². The molecular weight excluding hydrogens is 271 g/mol. The van der Waals surface area contributed by atoms with Crippen LogP contribution in [-0.2, 0) is 16.1 Å². The third kappa shape index (κ3) is 3.96. The number of carbonyl (C=O) groups is 1. The first-order valence-electron chi connectivity index (χ1n) is 6.48. The highest BCUT2D eigenvalue weighted by Gasteiger charge is 2.43. The number of hydrogen-bond acceptors (Lipinski definition) is 2. The van der Waals surface area contributed by atoms with Crippen molar-refractivity contribution in [1.29, 1.82) is 0 Å². The lowest BCUT2D eigenvalue weighted by Gasteiger charge is -2.32. The summed E-state index contributed by atoms with van der Waals surface area (Å²) in [5, 5.41) is 0. The number of likely N-dealkylation sites (tertiary alicyclic amines) is 1. The molecule has 6 heteroatoms. The predicted octanol–water partition coefficient (Wildman–Crippen LogP) is 2.76. The molecule has 1 saturated heterocycles. The Morgan fingerprint density at radius 3 is 2.35 bits per heavy atom. The van der Waals surface area contributed by atoms with Crippen molar-refractivity contribution in [2.45, 2.75) is 31.7 Å². The van der Waals surface area contributed by atoms with Crippen LogP contribution in [0.1, 0.15) is 18.4 Å². The van der Waals surface area contributed by atoms with Crippen LogP contribution in [0.2, 0.25) is 0 Å². The number of alkyl halides is 3. The van der Waals surface area contributed by atoms with E-state index in [1.165, 1.54) is 0 Å². The van der Waals surface area contributed by atoms with Crippen molar-refractivity contribution in [2.24, 2.45) is 0 Å². The third-order valence-corrected chi connectivity index (χ3v) is 3.30. The van der Waals surface area contributed by atoms with Crippen LogP contribution >= 0.6 is 0 Å². The molecule has 110 valence electrons. The van der Waals surface area contributed by atoms with Gasteiger partial charge in [-0.1, -0.05) is 30.3 Å². The molecule has 1 heterocycles. The minimum Gasteiger partial charge on any atom is -0.373 e. The van der Waals surface area contributed by atoms with E-state index in [2.05, 4.69) is 0 Å². The zero-order chi connectivity index (χ0) is 14.6. The van der Waals surface area contributed by atoms with Gasteiger partial charge in [-0.15, -0.1) is 0 Å². The zero-order valence-corrected chi connectivity index (χ0v) is 10.9. The SMILES string of the molecule is O=C(N1CCC(OCc2ccccc2)CC1)C(F)(F)F. The van der Waals surface area contributed by atoms with Crippen molar-refractivity contribution in [3.05, 3.63) is 35.9 Å². The molecule has 1 fully saturated rings. The summed E-state index contributed by atoms with van der Waals surface area (Å²) < 4.78 is 42.5. The second-order valence-corrected chi connectivity index (χ2v) is 4.79. The first-order chi connectivity index (χ1) is 9.47. The zero-order valence-electron chi connectivity index (χ0n) is 10.9. The molecule has 1 aliphatic rings. The van der Waals surface area contributed by atoms with Crippen LogP contribution in [0.15, 0.2) is 30.3 Å². The van der Waals surface area contributed by atoms with Crippen LogP contribution in [-0.4, -0.2) is 36.2 Å². The second kappa shape index (κ2) is 6.26. The van der Waals surface area contributed by atoms with Crippen molar-refractivity contribution < 1.29 is 22.7 Å². The maximum absolute atomic E-state index is 12.3. The Kier molecular flexibility index (Phi) is 4.65. The number of carbonyl (C=O) groups excluding carboxylic acids is 1. The highest BCUT2D eigenvalue weighted by Crippen LogP contribution is 2.22. The van der Waals surface area contributed by atoms with Gasteiger partial charge in [-0.3, -0.25) is 4.79 Å². The minimum atomic E-state index is -4.78. The van der Waals surface area contributed by atoms with E-state index in [1.54, 1.807) is 0 Å². The molecule has 1 aromatic rings. The predicted molar refractivity (Wildman–Crippen MR) is 66.9 cm³/mol. The number of halogens is 3. The molecule has 2 rings (SSSR count). The molecule has 0 unspecified atom stereocenters. The van der Waals surface area contributed by atoms with E-state index in [0.29, 0.717) is 19.4 Å². The van der Waals surface area contributed by atoms with E-state index in [9.17, 15) is 18.0 Å². The fourth-order valence-corrected chi connectivity index (χ4v) is 2.19. The van der Waals surface area contributed by atoms with Crippen molar-refractivity contribution in [3.63, 3.8) is 0 Å². The molecule has 3 nitrogen and oxygen atoms in total. The summed E-state index contributed by atoms with van der Waals surface area (Å²) in [6.45, 7) is 0.633. The Bertz CT molecular complexity index is 439. The molecule has 1 aliphatic heterocycles. The molecule has 0 bridgehead atoms. The van der Waals surface area contributed by atoms with E-state index in [0.717, 1.165) is 10.5 Å². The van der Waals surface area contributed by atoms with Gasteiger partial charge in [-0.25, -0.2) is 0 Å². The lowest BCUT2D eigenvalue weighted by atomic mass is 10.1. The van der Waals surface area contributed by atoms with E-state index < -0.39 is 12.1 Å². The fraction of sp³-hybridized carbons (Fsp3) is 0.500. The number of ether oxygens (including phenoxy) is 1. The smallest absolute Gasteiger partial charge is 0.373 e. The molecule has 0 N–H and O–H groups in total. The van der Waals surface area contributed by atoms with Crippen LogP contribution in [0.5, 0.6) is 0 Å². The Hall–Kier alpha value is -1.56. The molecule has 1 amide bonds. The summed E-state index contributed by atoms with van der Waals surface area (Å²) in [7, 11) is 0. The third-order valence-electron chi connectivity index (χ3n) is 3.30. The Morgan fingerprint density at radius 2 is 1.80 bits per heavy atom. The summed E-state index contributed by atoms with van der Waals surface area (Å²) >= 11 is 0. The topological polar surface area (TPSA) is 29.5 Å². The number of rotatable bonds is 3. The Morgan fingerprint density at radius 1 is 1.20 bits per heavy atom. The molecule has 0 aromatic heterocycles. The van der Waals surface area contributed by atoms with Crippen LogP contribution in [0.25, 0.3) is 0 Å². The average molecular weight is 287 g/mol. The highest BCUT2D eigenvalue weighted by atomic mass is 19.4. The summed E-state index contributed by atoms with van der Waals surface area (Å²) in [5.41, 5.74) is 1.03. The van der Waals surface area contributed by atoms with Gasteiger partial charge in [0.2, 0.25) is 0 Å². The van der Waals surface area contributed by atoms with Crippen molar-refractivity contribution in [3.8, 4) is 0 Å². The summed E-state index contributed by atoms with van der Waals surface area (Å²) in [4.78, 5) is 11.9. The molecule has 0 radical (unpaired) electrons. The summed E-state index contributed by atoms with van der Waals surface area (Å²) in [5.74, 6) is -1.75. The number of piperidine rings is 1. The molecule has 1 aromatic carbocycles. The van der Waals surface area contributed by atoms with Gasteiger partial charge in [0.1, 0.15) is 0 Å². The van der Waals surface area contributed by atoms with Gasteiger partial charge in [-0.05, 0) is 18.4 Å². The van der Waals surface area contributed by atoms with E-state index in [-0.39, 0.29) is 19.2 Å². The molecule has 20 heavy (non-hydrogen) atoms. The molecule has 0 saturated carbocycles. The Balaban J connectivity index is 1.76. The van der Waals surface area contributed by atoms with Crippen LogP contribution in [0.4, 0.5) is 13.2 Å². The van der Waals surface area contributed by atoms with Crippen molar-refractivity contribution in [2.75, 3.05) is 13.1 Å². The standard InChI is InChI=1S/C14H16F3NO2/c15-14(16,17)13(19)18-8-6-12(7-9-18)20-10-11-4-2-1-3-5-11/h1-5,12H,6-10H2. The van der Waals surface area contributed by atoms with Crippen LogP contribution in [0.3, 0.4) is 0 Å². The monoisotopic (exact) mass is 287 g/mol. The quantitative estimate of drug-likeness (QED) is 0.855. The highest BCUT2D eigenvalue weighted by molar-refractivity contribution is 5.81. The fourth-order valence-electron chi connectivity index (χ4n) is 2.19. The average Bonchev–Trinajstić information content (AvgIpc) is 2.45. The lowest BCUT2D eigenvalue weighted by Crippen LogP contribution is -2.46. The van der Waals surface area contributed by atoms with Gasteiger partial charge in [0.05, 0.1) is 12.7 Å². The normalized spacial score (nSPS) is 17.2. The van der Waals surface area contributed by atoms with Crippen molar-refractivity contribution >= 4 is 5.91 Å². The summed E-state index contributed by atoms with van der Waals surface area (Å²) in [6, 6.07) is 9.59. The summed E-state index contributed by atoms with van der Waals surface area (Å²) in [6.07, 6.45) is -3.99. The maximum atomic E-state index is 12.3. The largest absolute Gasteiger partial charge is 0.471 e. The Labute approximate surface area is 115 Å². The van der Waals surface area contributed by atoms with Crippen LogP contribution < -0.4 is 0 Å². The van der Waals surface area contributed by atoms with Gasteiger partial charge in [0.25, 0.3) is 0 Å². The molecule has 0 aliphatic carbocycles. The molecule has 0 spiro atoms. The van der Waals surface area contributed by atoms with Crippen molar-refractivity contribution in [1.82, 2.24) is 4.90 Å². The lowest BCUT2D eigenvalue weighted by molar-refractivity contribution is -0.187. The first kappa shape index (κ1) is 14.8. The number of hydrogen-bond donors (Lipinski definition) is 0. The first-order valence-corrected chi connectivity index (χ1v) is 6.48. The van der Waals surface area contributed by atoms with Gasteiger partial charge in [0.15, 0.2) is 0 Å². The minimum absolute atomic E-state index is 0.0903. The van der Waals surface area contributed by atoms with E-state index in [1.807, 2.05) is 30.3 Å². The van der Waals surface area contributed by atoms with Gasteiger partial charge in [0, 0.05) is 13.1 Å². The van der Waals surface area contributed by atoms with Gasteiger partial charge in [-0.2, -0.15) is 13.2 Å². The van der Waals surface area contributed by atoms with E-state index in [4.69, 9.17) is 4.74 Å². The van der Waals surface area contributed by atoms with E-state index >= 15 is 0 Å².